The van der Waals surface area contributed by atoms with Crippen LogP contribution in [0.5, 0.6) is 0 Å². The van der Waals surface area contributed by atoms with Gasteiger partial charge in [-0.2, -0.15) is 0 Å². The Morgan fingerprint density at radius 3 is 2.67 bits per heavy atom. The average molecular weight is 309 g/mol. The fraction of sp³-hybridized carbons (Fsp3) is 0.385. The monoisotopic (exact) mass is 309 g/mol. The Bertz CT molecular complexity index is 758. The molecule has 0 aliphatic rings. The molecule has 0 aliphatic heterocycles. The van der Waals surface area contributed by atoms with Crippen LogP contribution in [0.3, 0.4) is 0 Å². The Kier molecular flexibility index (Phi) is 4.02. The molecule has 0 radical (unpaired) electrons. The third-order valence-corrected chi connectivity index (χ3v) is 3.74. The Hall–Kier alpha value is -1.93. The van der Waals surface area contributed by atoms with Crippen LogP contribution in [-0.2, 0) is 10.0 Å². The van der Waals surface area contributed by atoms with Crippen LogP contribution in [0.1, 0.15) is 13.8 Å². The molecule has 0 amide bonds. The number of benzene rings is 1. The van der Waals surface area contributed by atoms with Gasteiger partial charge in [0, 0.05) is 23.2 Å². The zero-order valence-electron chi connectivity index (χ0n) is 12.2. The third-order valence-electron chi connectivity index (χ3n) is 2.82. The van der Waals surface area contributed by atoms with Crippen molar-refractivity contribution in [3.05, 3.63) is 24.5 Å². The Morgan fingerprint density at radius 1 is 1.29 bits per heavy atom. The van der Waals surface area contributed by atoms with Crippen molar-refractivity contribution in [2.75, 3.05) is 23.9 Å². The van der Waals surface area contributed by atoms with Crippen LogP contribution < -0.4 is 15.8 Å². The minimum atomic E-state index is -3.28. The molecule has 7 nitrogen and oxygen atoms in total. The van der Waals surface area contributed by atoms with Gasteiger partial charge in [0.2, 0.25) is 10.0 Å². The van der Waals surface area contributed by atoms with E-state index in [1.54, 1.807) is 26.0 Å². The number of nitrogens with two attached hydrogens (primary N) is 1. The summed E-state index contributed by atoms with van der Waals surface area (Å²) in [5.74, 6) is 0.621. The van der Waals surface area contributed by atoms with Crippen molar-refractivity contribution in [2.24, 2.45) is 0 Å². The van der Waals surface area contributed by atoms with Gasteiger partial charge < -0.3 is 11.1 Å². The Morgan fingerprint density at radius 2 is 2.00 bits per heavy atom. The molecule has 21 heavy (non-hydrogen) atoms. The van der Waals surface area contributed by atoms with Crippen LogP contribution in [0.15, 0.2) is 24.5 Å². The van der Waals surface area contributed by atoms with E-state index in [9.17, 15) is 8.42 Å². The molecule has 2 aromatic rings. The summed E-state index contributed by atoms with van der Waals surface area (Å²) >= 11 is 0. The lowest BCUT2D eigenvalue weighted by atomic mass is 10.1. The van der Waals surface area contributed by atoms with E-state index < -0.39 is 15.6 Å². The summed E-state index contributed by atoms with van der Waals surface area (Å²) in [6.45, 7) is 3.96. The molecule has 0 saturated heterocycles. The number of hydrogen-bond acceptors (Lipinski definition) is 6. The van der Waals surface area contributed by atoms with Crippen molar-refractivity contribution in [1.82, 2.24) is 14.7 Å². The molecule has 0 saturated carbocycles. The number of nitrogen functional groups attached to an aromatic ring is 1. The maximum atomic E-state index is 11.3. The largest absolute Gasteiger partial charge is 0.399 e. The second-order valence-electron chi connectivity index (χ2n) is 5.61. The van der Waals surface area contributed by atoms with Crippen molar-refractivity contribution in [3.63, 3.8) is 0 Å². The number of nitrogens with zero attached hydrogens (tertiary/aromatic N) is 2. The molecule has 8 heteroatoms. The zero-order valence-corrected chi connectivity index (χ0v) is 13.0. The second-order valence-corrected chi connectivity index (χ2v) is 7.36. The van der Waals surface area contributed by atoms with Crippen LogP contribution in [-0.4, -0.2) is 36.7 Å². The molecule has 4 N–H and O–H groups in total. The molecule has 1 aromatic carbocycles. The van der Waals surface area contributed by atoms with Crippen LogP contribution in [0.25, 0.3) is 10.9 Å². The molecular weight excluding hydrogens is 290 g/mol. The number of fused-ring (bicyclic) bond motifs is 1. The maximum Gasteiger partial charge on any atom is 0.209 e. The number of nitrogens with one attached hydrogen (secondary N) is 2. The van der Waals surface area contributed by atoms with Crippen molar-refractivity contribution < 1.29 is 8.42 Å². The van der Waals surface area contributed by atoms with Gasteiger partial charge in [-0.3, -0.25) is 0 Å². The summed E-state index contributed by atoms with van der Waals surface area (Å²) in [7, 11) is -3.28. The molecule has 0 atom stereocenters. The lowest BCUT2D eigenvalue weighted by Gasteiger charge is -2.25. The van der Waals surface area contributed by atoms with E-state index in [0.717, 1.165) is 17.2 Å². The standard InChI is InChI=1S/C13H19N5O2S/c1-13(2,18-21(3,19)20)7-15-12-10-6-9(14)4-5-11(10)16-8-17-12/h4-6,8,18H,7,14H2,1-3H3,(H,15,16,17). The Labute approximate surface area is 124 Å². The first-order valence-electron chi connectivity index (χ1n) is 6.39. The van der Waals surface area contributed by atoms with Crippen molar-refractivity contribution in [1.29, 1.82) is 0 Å². The van der Waals surface area contributed by atoms with Crippen molar-refractivity contribution >= 4 is 32.4 Å². The molecule has 1 heterocycles. The molecule has 0 fully saturated rings. The summed E-state index contributed by atoms with van der Waals surface area (Å²) in [4.78, 5) is 8.36. The van der Waals surface area contributed by atoms with Gasteiger partial charge in [-0.1, -0.05) is 0 Å². The minimum Gasteiger partial charge on any atom is -0.399 e. The fourth-order valence-electron chi connectivity index (χ4n) is 2.06. The van der Waals surface area contributed by atoms with Gasteiger partial charge >= 0.3 is 0 Å². The van der Waals surface area contributed by atoms with Crippen molar-refractivity contribution in [2.45, 2.75) is 19.4 Å². The second kappa shape index (κ2) is 5.45. The first-order valence-corrected chi connectivity index (χ1v) is 8.28. The smallest absolute Gasteiger partial charge is 0.209 e. The normalized spacial score (nSPS) is 12.5. The first kappa shape index (κ1) is 15.5. The topological polar surface area (TPSA) is 110 Å². The van der Waals surface area contributed by atoms with Gasteiger partial charge in [0.05, 0.1) is 11.8 Å². The highest BCUT2D eigenvalue weighted by molar-refractivity contribution is 7.88. The number of rotatable bonds is 5. The predicted octanol–water partition coefficient (Wildman–Crippen LogP) is 0.952. The highest BCUT2D eigenvalue weighted by Crippen LogP contribution is 2.22. The van der Waals surface area contributed by atoms with Gasteiger partial charge in [-0.15, -0.1) is 0 Å². The third kappa shape index (κ3) is 4.27. The average Bonchev–Trinajstić information content (AvgIpc) is 2.33. The molecule has 114 valence electrons. The lowest BCUT2D eigenvalue weighted by Crippen LogP contribution is -2.47. The highest BCUT2D eigenvalue weighted by atomic mass is 32.2. The van der Waals surface area contributed by atoms with E-state index in [0.29, 0.717) is 18.1 Å². The number of hydrogen-bond donors (Lipinski definition) is 3. The summed E-state index contributed by atoms with van der Waals surface area (Å²) in [6, 6.07) is 5.38. The first-order chi connectivity index (χ1) is 9.66. The van der Waals surface area contributed by atoms with Gasteiger partial charge in [-0.05, 0) is 32.0 Å². The molecule has 0 unspecified atom stereocenters. The van der Waals surface area contributed by atoms with E-state index in [2.05, 4.69) is 20.0 Å². The molecule has 0 spiro atoms. The van der Waals surface area contributed by atoms with Gasteiger partial charge in [0.25, 0.3) is 0 Å². The molecule has 0 aliphatic carbocycles. The summed E-state index contributed by atoms with van der Waals surface area (Å²) in [6.07, 6.45) is 2.59. The van der Waals surface area contributed by atoms with Gasteiger partial charge in [0.1, 0.15) is 12.1 Å². The van der Waals surface area contributed by atoms with E-state index in [-0.39, 0.29) is 0 Å². The van der Waals surface area contributed by atoms with E-state index in [4.69, 9.17) is 5.73 Å². The summed E-state index contributed by atoms with van der Waals surface area (Å²) in [5.41, 5.74) is 6.53. The quantitative estimate of drug-likeness (QED) is 0.709. The van der Waals surface area contributed by atoms with E-state index in [1.807, 2.05) is 6.07 Å². The number of anilines is 2. The maximum absolute atomic E-state index is 11.3. The molecule has 1 aromatic heterocycles. The van der Waals surface area contributed by atoms with Crippen LogP contribution in [0.4, 0.5) is 11.5 Å². The molecule has 0 bridgehead atoms. The van der Waals surface area contributed by atoms with E-state index >= 15 is 0 Å². The molecular formula is C13H19N5O2S. The minimum absolute atomic E-state index is 0.376. The highest BCUT2D eigenvalue weighted by Gasteiger charge is 2.22. The lowest BCUT2D eigenvalue weighted by molar-refractivity contribution is 0.476. The van der Waals surface area contributed by atoms with Crippen LogP contribution >= 0.6 is 0 Å². The fourth-order valence-corrected chi connectivity index (χ4v) is 3.13. The number of sulfonamides is 1. The SMILES string of the molecule is CC(C)(CNc1ncnc2ccc(N)cc12)NS(C)(=O)=O. The van der Waals surface area contributed by atoms with E-state index in [1.165, 1.54) is 6.33 Å². The molecule has 2 rings (SSSR count). The summed E-state index contributed by atoms with van der Waals surface area (Å²) in [5, 5.41) is 3.94. The van der Waals surface area contributed by atoms with Crippen LogP contribution in [0.2, 0.25) is 0 Å². The predicted molar refractivity (Wildman–Crippen MR) is 84.5 cm³/mol. The van der Waals surface area contributed by atoms with Gasteiger partial charge in [-0.25, -0.2) is 23.1 Å². The van der Waals surface area contributed by atoms with Crippen molar-refractivity contribution in [3.8, 4) is 0 Å². The zero-order chi connectivity index (χ0) is 15.7. The van der Waals surface area contributed by atoms with Crippen LogP contribution in [0, 0.1) is 0 Å². The summed E-state index contributed by atoms with van der Waals surface area (Å²) < 4.78 is 25.2. The Balaban J connectivity index is 2.22. The van der Waals surface area contributed by atoms with Gasteiger partial charge in [0.15, 0.2) is 0 Å². The number of aromatic nitrogens is 2.